The summed E-state index contributed by atoms with van der Waals surface area (Å²) in [6.07, 6.45) is 0. The third-order valence-electron chi connectivity index (χ3n) is 2.99. The van der Waals surface area contributed by atoms with Crippen LogP contribution >= 0.6 is 0 Å². The van der Waals surface area contributed by atoms with E-state index in [0.29, 0.717) is 12.2 Å². The van der Waals surface area contributed by atoms with E-state index in [1.165, 1.54) is 22.9 Å². The summed E-state index contributed by atoms with van der Waals surface area (Å²) in [6.45, 7) is 3.89. The van der Waals surface area contributed by atoms with Gasteiger partial charge in [-0.3, -0.25) is 14.3 Å². The Hall–Kier alpha value is -2.70. The molecule has 2 amide bonds. The van der Waals surface area contributed by atoms with E-state index < -0.39 is 17.6 Å². The number of aryl methyl sites for hydroxylation is 2. The van der Waals surface area contributed by atoms with Crippen molar-refractivity contribution in [2.45, 2.75) is 20.4 Å². The van der Waals surface area contributed by atoms with E-state index in [-0.39, 0.29) is 16.9 Å². The summed E-state index contributed by atoms with van der Waals surface area (Å²) in [5.74, 6) is -1.73. The van der Waals surface area contributed by atoms with Gasteiger partial charge in [-0.25, -0.2) is 4.39 Å². The molecule has 6 nitrogen and oxygen atoms in total. The number of hydrogen-bond donors (Lipinski definition) is 2. The summed E-state index contributed by atoms with van der Waals surface area (Å²) in [7, 11) is 0. The van der Waals surface area contributed by atoms with Crippen LogP contribution in [0.25, 0.3) is 0 Å². The maximum atomic E-state index is 13.1. The minimum atomic E-state index is -0.688. The lowest BCUT2D eigenvalue weighted by Crippen LogP contribution is -2.21. The molecule has 1 heterocycles. The number of nitrogens with one attached hydrogen (secondary N) is 1. The fourth-order valence-electron chi connectivity index (χ4n) is 2.03. The molecule has 0 atom stereocenters. The number of carbonyl (C=O) groups excluding carboxylic acids is 2. The number of benzene rings is 1. The lowest BCUT2D eigenvalue weighted by molar-refractivity contribution is 0.0991. The molecule has 21 heavy (non-hydrogen) atoms. The molecule has 1 aromatic heterocycles. The monoisotopic (exact) mass is 290 g/mol. The Labute approximate surface area is 120 Å². The lowest BCUT2D eigenvalue weighted by atomic mass is 10.2. The average Bonchev–Trinajstić information content (AvgIpc) is 2.75. The fraction of sp³-hybridized carbons (Fsp3) is 0.214. The highest BCUT2D eigenvalue weighted by atomic mass is 19.1. The van der Waals surface area contributed by atoms with Gasteiger partial charge in [0.15, 0.2) is 0 Å². The summed E-state index contributed by atoms with van der Waals surface area (Å²) in [6, 6.07) is 5.26. The van der Waals surface area contributed by atoms with Crippen molar-refractivity contribution in [1.29, 1.82) is 0 Å². The van der Waals surface area contributed by atoms with E-state index in [1.54, 1.807) is 13.8 Å². The quantitative estimate of drug-likeness (QED) is 0.898. The van der Waals surface area contributed by atoms with Gasteiger partial charge >= 0.3 is 0 Å². The van der Waals surface area contributed by atoms with E-state index in [1.807, 2.05) is 0 Å². The molecule has 7 heteroatoms. The van der Waals surface area contributed by atoms with Gasteiger partial charge in [0, 0.05) is 12.1 Å². The molecule has 2 aromatic rings. The number of hydrogen-bond acceptors (Lipinski definition) is 3. The average molecular weight is 290 g/mol. The second-order valence-corrected chi connectivity index (χ2v) is 4.45. The molecule has 0 saturated heterocycles. The standard InChI is InChI=1S/C14H15FN4O2/c1-3-19-12(13(16)20)11(8(2)18-19)17-14(21)9-5-4-6-10(15)7-9/h4-7H,3H2,1-2H3,(H2,16,20)(H,17,21). The van der Waals surface area contributed by atoms with Gasteiger partial charge in [0.05, 0.1) is 11.4 Å². The van der Waals surface area contributed by atoms with Crippen LogP contribution in [0.15, 0.2) is 24.3 Å². The molecule has 0 spiro atoms. The van der Waals surface area contributed by atoms with Crippen molar-refractivity contribution < 1.29 is 14.0 Å². The van der Waals surface area contributed by atoms with Gasteiger partial charge in [-0.2, -0.15) is 5.10 Å². The van der Waals surface area contributed by atoms with Gasteiger partial charge in [-0.15, -0.1) is 0 Å². The highest BCUT2D eigenvalue weighted by molar-refractivity contribution is 6.08. The maximum absolute atomic E-state index is 13.1. The maximum Gasteiger partial charge on any atom is 0.269 e. The summed E-state index contributed by atoms with van der Waals surface area (Å²) < 4.78 is 14.6. The first-order valence-electron chi connectivity index (χ1n) is 6.38. The number of amides is 2. The molecular formula is C14H15FN4O2. The van der Waals surface area contributed by atoms with E-state index in [0.717, 1.165) is 6.07 Å². The normalized spacial score (nSPS) is 10.4. The third kappa shape index (κ3) is 2.91. The van der Waals surface area contributed by atoms with Gasteiger partial charge in [0.2, 0.25) is 0 Å². The van der Waals surface area contributed by atoms with Crippen molar-refractivity contribution in [2.24, 2.45) is 5.73 Å². The molecule has 3 N–H and O–H groups in total. The van der Waals surface area contributed by atoms with Crippen LogP contribution in [0.2, 0.25) is 0 Å². The Kier molecular flexibility index (Phi) is 4.02. The topological polar surface area (TPSA) is 90.0 Å². The molecule has 110 valence electrons. The van der Waals surface area contributed by atoms with Crippen molar-refractivity contribution in [1.82, 2.24) is 9.78 Å². The van der Waals surface area contributed by atoms with Gasteiger partial charge in [-0.1, -0.05) is 6.07 Å². The molecule has 0 radical (unpaired) electrons. The first kappa shape index (κ1) is 14.7. The molecule has 0 aliphatic carbocycles. The molecule has 1 aromatic carbocycles. The number of rotatable bonds is 4. The van der Waals surface area contributed by atoms with E-state index in [4.69, 9.17) is 5.73 Å². The molecule has 0 unspecified atom stereocenters. The summed E-state index contributed by atoms with van der Waals surface area (Å²) in [5, 5.41) is 6.71. The van der Waals surface area contributed by atoms with E-state index in [9.17, 15) is 14.0 Å². The van der Waals surface area contributed by atoms with Gasteiger partial charge in [0.25, 0.3) is 11.8 Å². The van der Waals surface area contributed by atoms with Crippen molar-refractivity contribution in [3.05, 3.63) is 47.0 Å². The Balaban J connectivity index is 2.37. The Morgan fingerprint density at radius 2 is 2.14 bits per heavy atom. The molecule has 2 rings (SSSR count). The SMILES string of the molecule is CCn1nc(C)c(NC(=O)c2cccc(F)c2)c1C(N)=O. The molecule has 0 bridgehead atoms. The predicted molar refractivity (Wildman–Crippen MR) is 75.5 cm³/mol. The fourth-order valence-corrected chi connectivity index (χ4v) is 2.03. The number of nitrogens with two attached hydrogens (primary N) is 1. The first-order chi connectivity index (χ1) is 9.93. The van der Waals surface area contributed by atoms with Crippen LogP contribution in [0.5, 0.6) is 0 Å². The largest absolute Gasteiger partial charge is 0.364 e. The molecular weight excluding hydrogens is 275 g/mol. The van der Waals surface area contributed by atoms with Crippen LogP contribution in [-0.4, -0.2) is 21.6 Å². The summed E-state index contributed by atoms with van der Waals surface area (Å²) in [5.41, 5.74) is 6.32. The minimum absolute atomic E-state index is 0.125. The number of nitrogens with zero attached hydrogens (tertiary/aromatic N) is 2. The van der Waals surface area contributed by atoms with Crippen molar-refractivity contribution in [3.8, 4) is 0 Å². The number of anilines is 1. The molecule has 0 fully saturated rings. The highest BCUT2D eigenvalue weighted by Crippen LogP contribution is 2.21. The second-order valence-electron chi connectivity index (χ2n) is 4.45. The number of halogens is 1. The lowest BCUT2D eigenvalue weighted by Gasteiger charge is -2.07. The van der Waals surface area contributed by atoms with Crippen molar-refractivity contribution >= 4 is 17.5 Å². The van der Waals surface area contributed by atoms with Gasteiger partial charge < -0.3 is 11.1 Å². The zero-order valence-electron chi connectivity index (χ0n) is 11.7. The third-order valence-corrected chi connectivity index (χ3v) is 2.99. The van der Waals surface area contributed by atoms with Crippen LogP contribution < -0.4 is 11.1 Å². The van der Waals surface area contributed by atoms with Gasteiger partial charge in [-0.05, 0) is 32.0 Å². The number of primary amides is 1. The first-order valence-corrected chi connectivity index (χ1v) is 6.38. The second kappa shape index (κ2) is 5.74. The van der Waals surface area contributed by atoms with E-state index >= 15 is 0 Å². The van der Waals surface area contributed by atoms with Crippen molar-refractivity contribution in [3.63, 3.8) is 0 Å². The molecule has 0 aliphatic rings. The van der Waals surface area contributed by atoms with E-state index in [2.05, 4.69) is 10.4 Å². The summed E-state index contributed by atoms with van der Waals surface area (Å²) >= 11 is 0. The Morgan fingerprint density at radius 1 is 1.43 bits per heavy atom. The Bertz CT molecular complexity index is 709. The number of aromatic nitrogens is 2. The van der Waals surface area contributed by atoms with Crippen LogP contribution in [0.3, 0.4) is 0 Å². The highest BCUT2D eigenvalue weighted by Gasteiger charge is 2.21. The smallest absolute Gasteiger partial charge is 0.269 e. The van der Waals surface area contributed by atoms with Crippen molar-refractivity contribution in [2.75, 3.05) is 5.32 Å². The summed E-state index contributed by atoms with van der Waals surface area (Å²) in [4.78, 5) is 23.7. The zero-order chi connectivity index (χ0) is 15.6. The van der Waals surface area contributed by atoms with Gasteiger partial charge in [0.1, 0.15) is 11.5 Å². The van der Waals surface area contributed by atoms with Crippen LogP contribution in [0.4, 0.5) is 10.1 Å². The Morgan fingerprint density at radius 3 is 2.71 bits per heavy atom. The zero-order valence-corrected chi connectivity index (χ0v) is 11.7. The van der Waals surface area contributed by atoms with Crippen LogP contribution in [-0.2, 0) is 6.54 Å². The van der Waals surface area contributed by atoms with Crippen LogP contribution in [0.1, 0.15) is 33.5 Å². The predicted octanol–water partition coefficient (Wildman–Crippen LogP) is 1.70. The molecule has 0 saturated carbocycles. The number of carbonyl (C=O) groups is 2. The molecule has 0 aliphatic heterocycles. The van der Waals surface area contributed by atoms with Crippen LogP contribution in [0, 0.1) is 12.7 Å². The minimum Gasteiger partial charge on any atom is -0.364 e.